The lowest BCUT2D eigenvalue weighted by Gasteiger charge is -2.24. The molecule has 0 unspecified atom stereocenters. The van der Waals surface area contributed by atoms with Gasteiger partial charge in [-0.1, -0.05) is 41.9 Å². The summed E-state index contributed by atoms with van der Waals surface area (Å²) < 4.78 is 19.9. The second-order valence-corrected chi connectivity index (χ2v) is 9.66. The molecule has 190 valence electrons. The molecule has 1 aromatic heterocycles. The summed E-state index contributed by atoms with van der Waals surface area (Å²) in [5, 5.41) is 3.64. The molecular weight excluding hydrogens is 493 g/mol. The average Bonchev–Trinajstić information content (AvgIpc) is 3.59. The normalized spacial score (nSPS) is 15.3. The van der Waals surface area contributed by atoms with Gasteiger partial charge >= 0.3 is 6.03 Å². The highest BCUT2D eigenvalue weighted by Crippen LogP contribution is 2.32. The van der Waals surface area contributed by atoms with Crippen molar-refractivity contribution in [2.45, 2.75) is 38.4 Å². The van der Waals surface area contributed by atoms with Gasteiger partial charge in [0.2, 0.25) is 0 Å². The number of nitrogens with two attached hydrogens (primary N) is 1. The number of rotatable bonds is 7. The van der Waals surface area contributed by atoms with Crippen LogP contribution in [-0.4, -0.2) is 29.3 Å². The lowest BCUT2D eigenvalue weighted by Crippen LogP contribution is -2.46. The van der Waals surface area contributed by atoms with Gasteiger partial charge in [-0.2, -0.15) is 0 Å². The Labute approximate surface area is 219 Å². The van der Waals surface area contributed by atoms with E-state index in [0.29, 0.717) is 25.1 Å². The summed E-state index contributed by atoms with van der Waals surface area (Å²) in [5.41, 5.74) is 10.6. The third kappa shape index (κ3) is 5.24. The molecule has 2 heterocycles. The molecule has 1 aliphatic heterocycles. The molecule has 8 heteroatoms. The van der Waals surface area contributed by atoms with Crippen LogP contribution in [0.4, 0.5) is 9.18 Å². The summed E-state index contributed by atoms with van der Waals surface area (Å²) >= 11 is 5.84. The van der Waals surface area contributed by atoms with Crippen LogP contribution in [-0.2, 0) is 24.3 Å². The standard InChI is InChI=1S/C29H27ClFN3O3/c30-24-7-2-6-22(27(24)31)17-33-29(36)34-10-3-8-25(34)26(35)15-19-13-21-9-11-37-28(21)23(14-19)20-5-1-4-18(12-20)16-32/h1-2,4-7,9,11-14,25H,3,8,10,15-17,32H2,(H,33,36)/t25-/m0/s1. The number of Topliss-reactive ketones (excluding diaryl/α,β-unsaturated/α-hetero) is 1. The van der Waals surface area contributed by atoms with Gasteiger partial charge in [0, 0.05) is 42.6 Å². The van der Waals surface area contributed by atoms with Crippen LogP contribution in [0.25, 0.3) is 22.1 Å². The second kappa shape index (κ2) is 10.7. The van der Waals surface area contributed by atoms with Crippen LogP contribution in [0.1, 0.15) is 29.5 Å². The number of fused-ring (bicyclic) bond motifs is 1. The van der Waals surface area contributed by atoms with E-state index < -0.39 is 11.9 Å². The number of halogens is 2. The lowest BCUT2D eigenvalue weighted by molar-refractivity contribution is -0.121. The Morgan fingerprint density at radius 1 is 1.11 bits per heavy atom. The van der Waals surface area contributed by atoms with Gasteiger partial charge in [0.1, 0.15) is 11.4 Å². The predicted molar refractivity (Wildman–Crippen MR) is 142 cm³/mol. The fourth-order valence-corrected chi connectivity index (χ4v) is 5.14. The third-order valence-electron chi connectivity index (χ3n) is 6.81. The van der Waals surface area contributed by atoms with Crippen molar-refractivity contribution in [3.63, 3.8) is 0 Å². The second-order valence-electron chi connectivity index (χ2n) is 9.25. The maximum absolute atomic E-state index is 14.2. The van der Waals surface area contributed by atoms with Crippen LogP contribution >= 0.6 is 11.6 Å². The molecule has 3 aromatic carbocycles. The van der Waals surface area contributed by atoms with Crippen LogP contribution in [0.2, 0.25) is 5.02 Å². The molecule has 4 aromatic rings. The van der Waals surface area contributed by atoms with E-state index in [4.69, 9.17) is 21.8 Å². The van der Waals surface area contributed by atoms with Crippen LogP contribution in [0.5, 0.6) is 0 Å². The number of hydrogen-bond acceptors (Lipinski definition) is 4. The van der Waals surface area contributed by atoms with Gasteiger partial charge in [0.25, 0.3) is 0 Å². The SMILES string of the molecule is NCc1cccc(-c2cc(CC(=O)[C@@H]3CCCN3C(=O)NCc3cccc(Cl)c3F)cc3ccoc23)c1. The van der Waals surface area contributed by atoms with Crippen LogP contribution in [0, 0.1) is 5.82 Å². The Hall–Kier alpha value is -3.68. The van der Waals surface area contributed by atoms with E-state index >= 15 is 0 Å². The molecule has 5 rings (SSSR count). The fourth-order valence-electron chi connectivity index (χ4n) is 4.95. The largest absolute Gasteiger partial charge is 0.464 e. The molecule has 1 atom stereocenters. The summed E-state index contributed by atoms with van der Waals surface area (Å²) in [6.07, 6.45) is 3.14. The molecular formula is C29H27ClFN3O3. The molecule has 0 bridgehead atoms. The van der Waals surface area contributed by atoms with Crippen molar-refractivity contribution in [1.29, 1.82) is 0 Å². The van der Waals surface area contributed by atoms with E-state index in [1.807, 2.05) is 42.5 Å². The number of nitrogens with one attached hydrogen (secondary N) is 1. The highest BCUT2D eigenvalue weighted by Gasteiger charge is 2.34. The predicted octanol–water partition coefficient (Wildman–Crippen LogP) is 5.84. The van der Waals surface area contributed by atoms with Crippen LogP contribution < -0.4 is 11.1 Å². The first-order valence-corrected chi connectivity index (χ1v) is 12.6. The van der Waals surface area contributed by atoms with Gasteiger partial charge in [-0.05, 0) is 59.9 Å². The number of nitrogens with zero attached hydrogens (tertiary/aromatic N) is 1. The molecule has 0 aliphatic carbocycles. The summed E-state index contributed by atoms with van der Waals surface area (Å²) in [5.74, 6) is -0.591. The number of amides is 2. The Balaban J connectivity index is 1.33. The van der Waals surface area contributed by atoms with Crippen molar-refractivity contribution in [2.75, 3.05) is 6.54 Å². The maximum atomic E-state index is 14.2. The van der Waals surface area contributed by atoms with E-state index in [-0.39, 0.29) is 29.8 Å². The van der Waals surface area contributed by atoms with E-state index in [2.05, 4.69) is 5.32 Å². The zero-order valence-electron chi connectivity index (χ0n) is 20.2. The molecule has 1 aliphatic rings. The smallest absolute Gasteiger partial charge is 0.318 e. The summed E-state index contributed by atoms with van der Waals surface area (Å²) in [6.45, 7) is 0.889. The average molecular weight is 520 g/mol. The Bertz CT molecular complexity index is 1470. The van der Waals surface area contributed by atoms with Crippen molar-refractivity contribution < 1.29 is 18.4 Å². The summed E-state index contributed by atoms with van der Waals surface area (Å²) in [6, 6.07) is 17.5. The van der Waals surface area contributed by atoms with Gasteiger partial charge < -0.3 is 20.4 Å². The quantitative estimate of drug-likeness (QED) is 0.321. The number of carbonyl (C=O) groups is 2. The molecule has 2 amide bonds. The highest BCUT2D eigenvalue weighted by atomic mass is 35.5. The summed E-state index contributed by atoms with van der Waals surface area (Å²) in [7, 11) is 0. The zero-order chi connectivity index (χ0) is 25.9. The molecule has 0 spiro atoms. The number of likely N-dealkylation sites (tertiary alicyclic amines) is 1. The van der Waals surface area contributed by atoms with Crippen molar-refractivity contribution in [3.05, 3.63) is 94.5 Å². The number of furan rings is 1. The van der Waals surface area contributed by atoms with E-state index in [9.17, 15) is 14.0 Å². The molecule has 0 radical (unpaired) electrons. The molecule has 6 nitrogen and oxygen atoms in total. The first-order valence-electron chi connectivity index (χ1n) is 12.2. The number of hydrogen-bond donors (Lipinski definition) is 2. The third-order valence-corrected chi connectivity index (χ3v) is 7.10. The van der Waals surface area contributed by atoms with Gasteiger partial charge in [-0.3, -0.25) is 4.79 Å². The Morgan fingerprint density at radius 2 is 1.95 bits per heavy atom. The monoisotopic (exact) mass is 519 g/mol. The Kier molecular flexibility index (Phi) is 7.26. The zero-order valence-corrected chi connectivity index (χ0v) is 20.9. The fraction of sp³-hybridized carbons (Fsp3) is 0.241. The van der Waals surface area contributed by atoms with Crippen molar-refractivity contribution in [3.8, 4) is 11.1 Å². The molecule has 0 saturated carbocycles. The maximum Gasteiger partial charge on any atom is 0.318 e. The van der Waals surface area contributed by atoms with E-state index in [1.165, 1.54) is 6.07 Å². The number of ketones is 1. The van der Waals surface area contributed by atoms with Gasteiger partial charge in [0.05, 0.1) is 17.3 Å². The van der Waals surface area contributed by atoms with Gasteiger partial charge in [0.15, 0.2) is 5.78 Å². The van der Waals surface area contributed by atoms with Crippen molar-refractivity contribution >= 4 is 34.4 Å². The molecule has 37 heavy (non-hydrogen) atoms. The first kappa shape index (κ1) is 25.0. The number of urea groups is 1. The minimum atomic E-state index is -0.555. The molecule has 3 N–H and O–H groups in total. The van der Waals surface area contributed by atoms with Gasteiger partial charge in [-0.15, -0.1) is 0 Å². The van der Waals surface area contributed by atoms with E-state index in [1.54, 1.807) is 23.3 Å². The lowest BCUT2D eigenvalue weighted by atomic mass is 9.95. The highest BCUT2D eigenvalue weighted by molar-refractivity contribution is 6.30. The van der Waals surface area contributed by atoms with Crippen molar-refractivity contribution in [1.82, 2.24) is 10.2 Å². The minimum absolute atomic E-state index is 0.00434. The number of benzene rings is 3. The van der Waals surface area contributed by atoms with Gasteiger partial charge in [-0.25, -0.2) is 9.18 Å². The minimum Gasteiger partial charge on any atom is -0.464 e. The van der Waals surface area contributed by atoms with Crippen molar-refractivity contribution in [2.24, 2.45) is 5.73 Å². The Morgan fingerprint density at radius 3 is 2.78 bits per heavy atom. The van der Waals surface area contributed by atoms with Crippen LogP contribution in [0.3, 0.4) is 0 Å². The van der Waals surface area contributed by atoms with E-state index in [0.717, 1.165) is 39.6 Å². The van der Waals surface area contributed by atoms with Crippen LogP contribution in [0.15, 0.2) is 71.3 Å². The topological polar surface area (TPSA) is 88.6 Å². The molecule has 1 fully saturated rings. The molecule has 1 saturated heterocycles. The number of carbonyl (C=O) groups excluding carboxylic acids is 2. The first-order chi connectivity index (χ1) is 17.9. The summed E-state index contributed by atoms with van der Waals surface area (Å²) in [4.78, 5) is 27.8.